The zero-order chi connectivity index (χ0) is 12.1. The van der Waals surface area contributed by atoms with Crippen molar-refractivity contribution in [2.24, 2.45) is 5.10 Å². The summed E-state index contributed by atoms with van der Waals surface area (Å²) in [7, 11) is 0. The first kappa shape index (κ1) is 11.1. The first-order chi connectivity index (χ1) is 8.25. The smallest absolute Gasteiger partial charge is 0.261 e. The van der Waals surface area contributed by atoms with Gasteiger partial charge >= 0.3 is 0 Å². The van der Waals surface area contributed by atoms with Crippen LogP contribution in [0.3, 0.4) is 0 Å². The number of hydrogen-bond acceptors (Lipinski definition) is 7. The number of hydrogen-bond donors (Lipinski definition) is 1. The molecule has 0 amide bonds. The van der Waals surface area contributed by atoms with Crippen LogP contribution in [0.2, 0.25) is 0 Å². The van der Waals surface area contributed by atoms with Gasteiger partial charge in [0.2, 0.25) is 0 Å². The number of pyridine rings is 1. The Hall–Kier alpha value is -2.35. The summed E-state index contributed by atoms with van der Waals surface area (Å²) in [6.45, 7) is 0. The van der Waals surface area contributed by atoms with Crippen LogP contribution in [0.15, 0.2) is 35.0 Å². The number of anilines is 1. The Kier molecular flexibility index (Phi) is 3.36. The topological polar surface area (TPSA) is 93.3 Å². The van der Waals surface area contributed by atoms with Gasteiger partial charge < -0.3 is 0 Å². The fourth-order valence-corrected chi connectivity index (χ4v) is 1.51. The molecule has 8 heteroatoms. The summed E-state index contributed by atoms with van der Waals surface area (Å²) >= 11 is 1.45. The number of nitro groups is 1. The molecule has 0 atom stereocenters. The second kappa shape index (κ2) is 5.12. The van der Waals surface area contributed by atoms with E-state index in [4.69, 9.17) is 0 Å². The lowest BCUT2D eigenvalue weighted by Gasteiger charge is -1.97. The number of nitrogens with one attached hydrogen (secondary N) is 1. The van der Waals surface area contributed by atoms with Crippen molar-refractivity contribution in [2.45, 2.75) is 0 Å². The van der Waals surface area contributed by atoms with E-state index in [9.17, 15) is 10.1 Å². The van der Waals surface area contributed by atoms with Crippen LogP contribution in [-0.4, -0.2) is 21.1 Å². The van der Waals surface area contributed by atoms with Crippen LogP contribution in [0.25, 0.3) is 0 Å². The van der Waals surface area contributed by atoms with E-state index >= 15 is 0 Å². The highest BCUT2D eigenvalue weighted by atomic mass is 32.1. The molecular formula is C9H7N5O2S. The maximum Gasteiger partial charge on any atom is 0.287 e. The molecule has 2 aromatic rings. The first-order valence-electron chi connectivity index (χ1n) is 4.55. The SMILES string of the molecule is O=[N+]([O-])c1ccc(N/N=C/c2nccs2)nc1. The lowest BCUT2D eigenvalue weighted by atomic mass is 10.4. The van der Waals surface area contributed by atoms with Crippen molar-refractivity contribution in [2.75, 3.05) is 5.43 Å². The minimum atomic E-state index is -0.504. The Labute approximate surface area is 100 Å². The highest BCUT2D eigenvalue weighted by Crippen LogP contribution is 2.11. The molecule has 0 aliphatic rings. The molecule has 0 saturated carbocycles. The van der Waals surface area contributed by atoms with E-state index in [0.717, 1.165) is 5.01 Å². The van der Waals surface area contributed by atoms with Crippen molar-refractivity contribution in [1.82, 2.24) is 9.97 Å². The Balaban J connectivity index is 1.97. The summed E-state index contributed by atoms with van der Waals surface area (Å²) in [5, 5.41) is 16.9. The molecule has 2 aromatic heterocycles. The molecule has 17 heavy (non-hydrogen) atoms. The van der Waals surface area contributed by atoms with Crippen molar-refractivity contribution in [3.63, 3.8) is 0 Å². The van der Waals surface area contributed by atoms with Gasteiger partial charge in [-0.05, 0) is 6.07 Å². The number of rotatable bonds is 4. The third-order valence-electron chi connectivity index (χ3n) is 1.76. The molecule has 0 radical (unpaired) electrons. The molecule has 1 N–H and O–H groups in total. The van der Waals surface area contributed by atoms with Crippen LogP contribution in [-0.2, 0) is 0 Å². The fourth-order valence-electron chi connectivity index (χ4n) is 1.01. The van der Waals surface area contributed by atoms with Crippen LogP contribution in [0.4, 0.5) is 11.5 Å². The highest BCUT2D eigenvalue weighted by Gasteiger charge is 2.04. The van der Waals surface area contributed by atoms with E-state index in [1.165, 1.54) is 29.7 Å². The van der Waals surface area contributed by atoms with Crippen molar-refractivity contribution >= 4 is 29.1 Å². The number of hydrazone groups is 1. The number of nitrogens with zero attached hydrogens (tertiary/aromatic N) is 4. The molecule has 0 unspecified atom stereocenters. The van der Waals surface area contributed by atoms with E-state index in [1.54, 1.807) is 12.4 Å². The summed E-state index contributed by atoms with van der Waals surface area (Å²) in [4.78, 5) is 17.7. The molecule has 0 spiro atoms. The molecular weight excluding hydrogens is 242 g/mol. The Morgan fingerprint density at radius 3 is 2.94 bits per heavy atom. The molecule has 7 nitrogen and oxygen atoms in total. The highest BCUT2D eigenvalue weighted by molar-refractivity contribution is 7.11. The van der Waals surface area contributed by atoms with E-state index in [-0.39, 0.29) is 5.69 Å². The standard InChI is InChI=1S/C9H7N5O2S/c15-14(16)7-1-2-8(11-5-7)13-12-6-9-10-3-4-17-9/h1-6H,(H,11,13)/b12-6+. The van der Waals surface area contributed by atoms with Gasteiger partial charge in [0.25, 0.3) is 5.69 Å². The van der Waals surface area contributed by atoms with Gasteiger partial charge in [0.15, 0.2) is 0 Å². The van der Waals surface area contributed by atoms with Crippen LogP contribution >= 0.6 is 11.3 Å². The summed E-state index contributed by atoms with van der Waals surface area (Å²) in [6.07, 6.45) is 4.39. The van der Waals surface area contributed by atoms with E-state index in [1.807, 2.05) is 5.38 Å². The Morgan fingerprint density at radius 2 is 2.35 bits per heavy atom. The zero-order valence-electron chi connectivity index (χ0n) is 8.48. The van der Waals surface area contributed by atoms with Crippen LogP contribution in [0, 0.1) is 10.1 Å². The summed E-state index contributed by atoms with van der Waals surface area (Å²) in [6, 6.07) is 2.84. The van der Waals surface area contributed by atoms with Gasteiger partial charge in [0.1, 0.15) is 17.0 Å². The molecule has 0 bridgehead atoms. The van der Waals surface area contributed by atoms with Gasteiger partial charge in [-0.3, -0.25) is 15.5 Å². The number of aromatic nitrogens is 2. The number of thiazole rings is 1. The predicted octanol–water partition coefficient (Wildman–Crippen LogP) is 1.89. The third kappa shape index (κ3) is 3.05. The van der Waals surface area contributed by atoms with E-state index < -0.39 is 4.92 Å². The fraction of sp³-hybridized carbons (Fsp3) is 0. The van der Waals surface area contributed by atoms with Crippen LogP contribution in [0.1, 0.15) is 5.01 Å². The summed E-state index contributed by atoms with van der Waals surface area (Å²) in [5.74, 6) is 0.434. The minimum absolute atomic E-state index is 0.0561. The van der Waals surface area contributed by atoms with Gasteiger partial charge in [-0.25, -0.2) is 9.97 Å². The monoisotopic (exact) mass is 249 g/mol. The third-order valence-corrected chi connectivity index (χ3v) is 2.47. The second-order valence-electron chi connectivity index (χ2n) is 2.90. The molecule has 0 aliphatic carbocycles. The normalized spacial score (nSPS) is 10.6. The maximum absolute atomic E-state index is 10.4. The molecule has 2 heterocycles. The second-order valence-corrected chi connectivity index (χ2v) is 3.83. The summed E-state index contributed by atoms with van der Waals surface area (Å²) in [5.41, 5.74) is 2.60. The largest absolute Gasteiger partial charge is 0.287 e. The van der Waals surface area contributed by atoms with Gasteiger partial charge in [0, 0.05) is 17.6 Å². The van der Waals surface area contributed by atoms with E-state index in [0.29, 0.717) is 5.82 Å². The molecule has 0 aromatic carbocycles. The van der Waals surface area contributed by atoms with E-state index in [2.05, 4.69) is 20.5 Å². The van der Waals surface area contributed by atoms with Crippen molar-refractivity contribution in [1.29, 1.82) is 0 Å². The van der Waals surface area contributed by atoms with Crippen LogP contribution in [0.5, 0.6) is 0 Å². The van der Waals surface area contributed by atoms with Gasteiger partial charge in [-0.15, -0.1) is 11.3 Å². The van der Waals surface area contributed by atoms with Crippen LogP contribution < -0.4 is 5.43 Å². The average molecular weight is 249 g/mol. The molecule has 0 fully saturated rings. The van der Waals surface area contributed by atoms with Crippen molar-refractivity contribution in [3.05, 3.63) is 45.0 Å². The lowest BCUT2D eigenvalue weighted by molar-refractivity contribution is -0.385. The predicted molar refractivity (Wildman–Crippen MR) is 64.2 cm³/mol. The lowest BCUT2D eigenvalue weighted by Crippen LogP contribution is -1.94. The van der Waals surface area contributed by atoms with Gasteiger partial charge in [-0.1, -0.05) is 0 Å². The Bertz CT molecular complexity index is 523. The maximum atomic E-state index is 10.4. The van der Waals surface area contributed by atoms with Crippen molar-refractivity contribution < 1.29 is 4.92 Å². The molecule has 0 aliphatic heterocycles. The molecule has 0 saturated heterocycles. The Morgan fingerprint density at radius 1 is 1.47 bits per heavy atom. The zero-order valence-corrected chi connectivity index (χ0v) is 9.29. The van der Waals surface area contributed by atoms with Crippen molar-refractivity contribution in [3.8, 4) is 0 Å². The average Bonchev–Trinajstić information content (AvgIpc) is 2.83. The molecule has 86 valence electrons. The summed E-state index contributed by atoms with van der Waals surface area (Å²) < 4.78 is 0. The quantitative estimate of drug-likeness (QED) is 0.507. The van der Waals surface area contributed by atoms with Gasteiger partial charge in [0.05, 0.1) is 11.1 Å². The van der Waals surface area contributed by atoms with Gasteiger partial charge in [-0.2, -0.15) is 5.10 Å². The molecule has 2 rings (SSSR count). The minimum Gasteiger partial charge on any atom is -0.261 e. The first-order valence-corrected chi connectivity index (χ1v) is 5.43.